The van der Waals surface area contributed by atoms with Crippen LogP contribution in [0.2, 0.25) is 10.3 Å². The van der Waals surface area contributed by atoms with Gasteiger partial charge in [-0.3, -0.25) is 4.79 Å². The number of aliphatic imine (C=N–C) groups is 1. The van der Waals surface area contributed by atoms with E-state index in [0.717, 1.165) is 0 Å². The Hall–Kier alpha value is -4.45. The highest BCUT2D eigenvalue weighted by Crippen LogP contribution is 2.27. The van der Waals surface area contributed by atoms with E-state index in [2.05, 4.69) is 20.6 Å². The number of aromatic nitrogens is 1. The van der Waals surface area contributed by atoms with Gasteiger partial charge >= 0.3 is 5.97 Å². The van der Waals surface area contributed by atoms with Gasteiger partial charge in [0.05, 0.1) is 21.0 Å². The molecule has 0 spiro atoms. The van der Waals surface area contributed by atoms with Crippen molar-refractivity contribution in [2.24, 2.45) is 10.7 Å². The Morgan fingerprint density at radius 2 is 1.56 bits per heavy atom. The molecule has 5 N–H and O–H groups in total. The van der Waals surface area contributed by atoms with E-state index < -0.39 is 27.8 Å². The predicted molar refractivity (Wildman–Crippen MR) is 157 cm³/mol. The number of halogens is 2. The maximum Gasteiger partial charge on any atom is 0.328 e. The Morgan fingerprint density at radius 3 is 2.22 bits per heavy atom. The number of carbonyl (C=O) groups excluding carboxylic acids is 1. The molecule has 0 aliphatic rings. The highest BCUT2D eigenvalue weighted by Gasteiger charge is 2.22. The molecule has 0 fully saturated rings. The van der Waals surface area contributed by atoms with Crippen molar-refractivity contribution in [2.75, 3.05) is 10.6 Å². The zero-order valence-electron chi connectivity index (χ0n) is 21.2. The summed E-state index contributed by atoms with van der Waals surface area (Å²) in [6, 6.07) is 22.1. The van der Waals surface area contributed by atoms with Crippen LogP contribution in [-0.4, -0.2) is 42.4 Å². The Morgan fingerprint density at radius 1 is 0.902 bits per heavy atom. The Labute approximate surface area is 245 Å². The number of nitrogens with two attached hydrogens (primary N) is 1. The lowest BCUT2D eigenvalue weighted by Crippen LogP contribution is -2.30. The number of guanidine groups is 1. The molecule has 1 amide bonds. The first kappa shape index (κ1) is 29.5. The van der Waals surface area contributed by atoms with Crippen molar-refractivity contribution in [3.05, 3.63) is 112 Å². The van der Waals surface area contributed by atoms with Crippen LogP contribution < -0.4 is 16.4 Å². The molecule has 4 aromatic rings. The molecule has 0 radical (unpaired) electrons. The fourth-order valence-corrected chi connectivity index (χ4v) is 5.65. The Balaban J connectivity index is 1.47. The summed E-state index contributed by atoms with van der Waals surface area (Å²) in [6.45, 7) is 0. The van der Waals surface area contributed by atoms with Gasteiger partial charge in [0, 0.05) is 12.1 Å². The standard InChI is InChI=1S/C28H23Cl2N5O5S/c29-24-15-14-20(25(30)35-24)26(36)32-18-12-10-17(11-13-18)16-22(27(37)38)34-28(31)33-21-8-4-5-9-23(21)41(39,40)19-6-2-1-3-7-19/h1-15,22H,16H2,(H,32,36)(H,37,38)(H3,31,33,34)/t22-/m0/s1. The van der Waals surface area contributed by atoms with Gasteiger partial charge in [0.15, 0.2) is 12.0 Å². The molecule has 41 heavy (non-hydrogen) atoms. The van der Waals surface area contributed by atoms with Crippen molar-refractivity contribution in [3.8, 4) is 0 Å². The average molecular weight is 612 g/mol. The molecule has 0 bridgehead atoms. The highest BCUT2D eigenvalue weighted by atomic mass is 35.5. The van der Waals surface area contributed by atoms with Crippen LogP contribution in [0.25, 0.3) is 0 Å². The second-order valence-electron chi connectivity index (χ2n) is 8.63. The fourth-order valence-electron chi connectivity index (χ4n) is 3.78. The zero-order valence-corrected chi connectivity index (χ0v) is 23.5. The number of hydrogen-bond donors (Lipinski definition) is 4. The van der Waals surface area contributed by atoms with E-state index in [4.69, 9.17) is 28.9 Å². The van der Waals surface area contributed by atoms with Crippen LogP contribution >= 0.6 is 23.2 Å². The number of aliphatic carboxylic acids is 1. The van der Waals surface area contributed by atoms with Crippen molar-refractivity contribution in [3.63, 3.8) is 0 Å². The summed E-state index contributed by atoms with van der Waals surface area (Å²) in [7, 11) is -3.88. The zero-order chi connectivity index (χ0) is 29.6. The number of pyridine rings is 1. The number of carboxylic acids is 1. The first-order valence-corrected chi connectivity index (χ1v) is 14.2. The average Bonchev–Trinajstić information content (AvgIpc) is 2.94. The Bertz CT molecular complexity index is 1720. The van der Waals surface area contributed by atoms with E-state index >= 15 is 0 Å². The summed E-state index contributed by atoms with van der Waals surface area (Å²) in [5, 5.41) is 15.3. The van der Waals surface area contributed by atoms with Crippen LogP contribution in [0.5, 0.6) is 0 Å². The number of para-hydroxylation sites is 1. The summed E-state index contributed by atoms with van der Waals surface area (Å²) >= 11 is 11.8. The SMILES string of the molecule is NC(=N[C@@H](Cc1ccc(NC(=O)c2ccc(Cl)nc2Cl)cc1)C(=O)O)Nc1ccccc1S(=O)(=O)c1ccccc1. The fraction of sp³-hybridized carbons (Fsp3) is 0.0714. The van der Waals surface area contributed by atoms with E-state index in [9.17, 15) is 23.1 Å². The maximum absolute atomic E-state index is 13.2. The lowest BCUT2D eigenvalue weighted by molar-refractivity contribution is -0.138. The summed E-state index contributed by atoms with van der Waals surface area (Å²) in [5.74, 6) is -2.00. The number of hydrogen-bond acceptors (Lipinski definition) is 6. The smallest absolute Gasteiger partial charge is 0.328 e. The molecular formula is C28H23Cl2N5O5S. The van der Waals surface area contributed by atoms with Crippen LogP contribution in [0.15, 0.2) is 106 Å². The molecule has 0 aliphatic carbocycles. The van der Waals surface area contributed by atoms with Crippen molar-refractivity contribution >= 4 is 62.2 Å². The van der Waals surface area contributed by atoms with E-state index in [0.29, 0.717) is 11.3 Å². The number of nitrogens with one attached hydrogen (secondary N) is 2. The molecular weight excluding hydrogens is 589 g/mol. The first-order chi connectivity index (χ1) is 19.5. The summed E-state index contributed by atoms with van der Waals surface area (Å²) in [4.78, 5) is 32.4. The van der Waals surface area contributed by atoms with Gasteiger partial charge in [0.25, 0.3) is 5.91 Å². The van der Waals surface area contributed by atoms with Gasteiger partial charge in [-0.05, 0) is 54.1 Å². The maximum atomic E-state index is 13.2. The molecule has 3 aromatic carbocycles. The van der Waals surface area contributed by atoms with Crippen molar-refractivity contribution in [1.29, 1.82) is 0 Å². The third-order valence-corrected chi connectivity index (χ3v) is 8.10. The summed E-state index contributed by atoms with van der Waals surface area (Å²) < 4.78 is 26.3. The lowest BCUT2D eigenvalue weighted by atomic mass is 10.1. The summed E-state index contributed by atoms with van der Waals surface area (Å²) in [6.07, 6.45) is -0.0250. The molecule has 1 aromatic heterocycles. The number of amides is 1. The van der Waals surface area contributed by atoms with Crippen LogP contribution in [0, 0.1) is 0 Å². The lowest BCUT2D eigenvalue weighted by Gasteiger charge is -2.14. The van der Waals surface area contributed by atoms with Gasteiger partial charge in [-0.1, -0.05) is 65.7 Å². The van der Waals surface area contributed by atoms with Crippen LogP contribution in [0.3, 0.4) is 0 Å². The van der Waals surface area contributed by atoms with Crippen LogP contribution in [0.1, 0.15) is 15.9 Å². The van der Waals surface area contributed by atoms with Gasteiger partial charge in [0.2, 0.25) is 9.84 Å². The van der Waals surface area contributed by atoms with Gasteiger partial charge in [-0.2, -0.15) is 0 Å². The number of sulfone groups is 1. The molecule has 1 heterocycles. The molecule has 13 heteroatoms. The monoisotopic (exact) mass is 611 g/mol. The number of benzene rings is 3. The molecule has 0 saturated heterocycles. The molecule has 0 aliphatic heterocycles. The van der Waals surface area contributed by atoms with Gasteiger partial charge in [0.1, 0.15) is 10.3 Å². The van der Waals surface area contributed by atoms with E-state index in [1.807, 2.05) is 0 Å². The molecule has 4 rings (SSSR count). The van der Waals surface area contributed by atoms with E-state index in [1.54, 1.807) is 54.6 Å². The number of carboxylic acid groups (broad SMARTS) is 1. The third-order valence-electron chi connectivity index (χ3n) is 5.77. The van der Waals surface area contributed by atoms with Crippen molar-refractivity contribution in [1.82, 2.24) is 4.98 Å². The number of anilines is 2. The topological polar surface area (TPSA) is 164 Å². The van der Waals surface area contributed by atoms with Crippen molar-refractivity contribution < 1.29 is 23.1 Å². The molecule has 0 unspecified atom stereocenters. The van der Waals surface area contributed by atoms with Gasteiger partial charge < -0.3 is 21.5 Å². The number of rotatable bonds is 9. The Kier molecular flexibility index (Phi) is 9.23. The summed E-state index contributed by atoms with van der Waals surface area (Å²) in [5.41, 5.74) is 7.35. The highest BCUT2D eigenvalue weighted by molar-refractivity contribution is 7.91. The molecule has 10 nitrogen and oxygen atoms in total. The molecule has 1 atom stereocenters. The predicted octanol–water partition coefficient (Wildman–Crippen LogP) is 4.90. The molecule has 210 valence electrons. The van der Waals surface area contributed by atoms with Gasteiger partial charge in [-0.15, -0.1) is 0 Å². The van der Waals surface area contributed by atoms with Crippen molar-refractivity contribution in [2.45, 2.75) is 22.3 Å². The van der Waals surface area contributed by atoms with Gasteiger partial charge in [-0.25, -0.2) is 23.2 Å². The minimum atomic E-state index is -3.88. The molecule has 0 saturated carbocycles. The second kappa shape index (κ2) is 12.8. The second-order valence-corrected chi connectivity index (χ2v) is 11.3. The largest absolute Gasteiger partial charge is 0.480 e. The normalized spacial score (nSPS) is 12.4. The van der Waals surface area contributed by atoms with E-state index in [1.165, 1.54) is 36.4 Å². The quantitative estimate of drug-likeness (QED) is 0.118. The number of carbonyl (C=O) groups is 2. The third kappa shape index (κ3) is 7.40. The first-order valence-electron chi connectivity index (χ1n) is 12.0. The van der Waals surface area contributed by atoms with E-state index in [-0.39, 0.29) is 43.7 Å². The minimum Gasteiger partial charge on any atom is -0.480 e. The van der Waals surface area contributed by atoms with Crippen LogP contribution in [-0.2, 0) is 21.1 Å². The number of nitrogens with zero attached hydrogens (tertiary/aromatic N) is 2. The minimum absolute atomic E-state index is 0.0250. The van der Waals surface area contributed by atoms with Crippen LogP contribution in [0.4, 0.5) is 11.4 Å².